The zero-order chi connectivity index (χ0) is 11.8. The molecule has 0 spiro atoms. The number of hydrogen-bond donors (Lipinski definition) is 1. The molecule has 1 rings (SSSR count). The van der Waals surface area contributed by atoms with Crippen molar-refractivity contribution < 1.29 is 4.79 Å². The second kappa shape index (κ2) is 7.34. The average Bonchev–Trinajstić information content (AvgIpc) is 2.28. The highest BCUT2D eigenvalue weighted by molar-refractivity contribution is 7.99. The minimum atomic E-state index is 0.150. The molecule has 0 aromatic heterocycles. The zero-order valence-corrected chi connectivity index (χ0v) is 10.7. The van der Waals surface area contributed by atoms with Crippen molar-refractivity contribution in [3.05, 3.63) is 30.3 Å². The van der Waals surface area contributed by atoms with E-state index in [0.717, 1.165) is 12.3 Å². The van der Waals surface area contributed by atoms with Crippen LogP contribution in [0.25, 0.3) is 0 Å². The standard InChI is InChI=1S/C13H19NOS/c1-11(2)10-14-13(15)8-9-16-12-6-4-3-5-7-12/h3-7,11H,8-10H2,1-2H3,(H,14,15). The highest BCUT2D eigenvalue weighted by Crippen LogP contribution is 2.17. The molecule has 0 aliphatic heterocycles. The first-order valence-corrected chi connectivity index (χ1v) is 6.61. The molecule has 0 fully saturated rings. The van der Waals surface area contributed by atoms with Crippen LogP contribution in [0.2, 0.25) is 0 Å². The number of amides is 1. The van der Waals surface area contributed by atoms with Crippen molar-refractivity contribution in [1.82, 2.24) is 5.32 Å². The maximum Gasteiger partial charge on any atom is 0.220 e. The lowest BCUT2D eigenvalue weighted by Gasteiger charge is -2.07. The fraction of sp³-hybridized carbons (Fsp3) is 0.462. The third kappa shape index (κ3) is 5.81. The molecule has 0 saturated carbocycles. The maximum absolute atomic E-state index is 11.4. The predicted octanol–water partition coefficient (Wildman–Crippen LogP) is 2.94. The van der Waals surface area contributed by atoms with E-state index in [-0.39, 0.29) is 5.91 Å². The topological polar surface area (TPSA) is 29.1 Å². The van der Waals surface area contributed by atoms with E-state index in [2.05, 4.69) is 31.3 Å². The molecule has 0 bridgehead atoms. The van der Waals surface area contributed by atoms with Crippen LogP contribution in [0.3, 0.4) is 0 Å². The first-order valence-electron chi connectivity index (χ1n) is 5.63. The second-order valence-corrected chi connectivity index (χ2v) is 5.28. The van der Waals surface area contributed by atoms with Crippen molar-refractivity contribution in [3.8, 4) is 0 Å². The lowest BCUT2D eigenvalue weighted by atomic mass is 10.2. The molecule has 0 aliphatic carbocycles. The van der Waals surface area contributed by atoms with Crippen LogP contribution in [0.15, 0.2) is 35.2 Å². The summed E-state index contributed by atoms with van der Waals surface area (Å²) in [6.45, 7) is 4.97. The fourth-order valence-corrected chi connectivity index (χ4v) is 2.06. The summed E-state index contributed by atoms with van der Waals surface area (Å²) in [5.41, 5.74) is 0. The van der Waals surface area contributed by atoms with E-state index in [1.165, 1.54) is 4.90 Å². The van der Waals surface area contributed by atoms with Crippen LogP contribution < -0.4 is 5.32 Å². The van der Waals surface area contributed by atoms with E-state index in [1.807, 2.05) is 18.2 Å². The van der Waals surface area contributed by atoms with Crippen LogP contribution in [-0.4, -0.2) is 18.2 Å². The van der Waals surface area contributed by atoms with E-state index in [9.17, 15) is 4.79 Å². The molecule has 88 valence electrons. The smallest absolute Gasteiger partial charge is 0.220 e. The number of carbonyl (C=O) groups excluding carboxylic acids is 1. The van der Waals surface area contributed by atoms with Gasteiger partial charge in [-0.2, -0.15) is 0 Å². The molecule has 3 heteroatoms. The molecule has 0 unspecified atom stereocenters. The van der Waals surface area contributed by atoms with E-state index >= 15 is 0 Å². The van der Waals surface area contributed by atoms with Crippen LogP contribution >= 0.6 is 11.8 Å². The van der Waals surface area contributed by atoms with Crippen LogP contribution in [0.5, 0.6) is 0 Å². The summed E-state index contributed by atoms with van der Waals surface area (Å²) in [7, 11) is 0. The Labute approximate surface area is 102 Å². The van der Waals surface area contributed by atoms with Gasteiger partial charge in [-0.15, -0.1) is 11.8 Å². The Bertz CT molecular complexity index is 311. The van der Waals surface area contributed by atoms with Gasteiger partial charge in [-0.05, 0) is 18.1 Å². The van der Waals surface area contributed by atoms with Crippen molar-refractivity contribution in [3.63, 3.8) is 0 Å². The third-order valence-corrected chi connectivity index (χ3v) is 3.06. The van der Waals surface area contributed by atoms with Crippen LogP contribution in [-0.2, 0) is 4.79 Å². The first-order chi connectivity index (χ1) is 7.68. The van der Waals surface area contributed by atoms with Crippen LogP contribution in [0.1, 0.15) is 20.3 Å². The van der Waals surface area contributed by atoms with Crippen molar-refractivity contribution in [2.45, 2.75) is 25.2 Å². The Hall–Kier alpha value is -0.960. The fourth-order valence-electron chi connectivity index (χ4n) is 1.18. The molecule has 0 heterocycles. The molecule has 0 radical (unpaired) electrons. The van der Waals surface area contributed by atoms with Crippen molar-refractivity contribution in [1.29, 1.82) is 0 Å². The third-order valence-electron chi connectivity index (χ3n) is 2.05. The number of nitrogens with one attached hydrogen (secondary N) is 1. The normalized spacial score (nSPS) is 10.4. The van der Waals surface area contributed by atoms with Gasteiger partial charge in [0.2, 0.25) is 5.91 Å². The predicted molar refractivity (Wildman–Crippen MR) is 69.6 cm³/mol. The molecule has 1 aromatic rings. The highest BCUT2D eigenvalue weighted by Gasteiger charge is 2.02. The van der Waals surface area contributed by atoms with E-state index in [4.69, 9.17) is 0 Å². The number of hydrogen-bond acceptors (Lipinski definition) is 2. The lowest BCUT2D eigenvalue weighted by Crippen LogP contribution is -2.27. The van der Waals surface area contributed by atoms with Gasteiger partial charge in [0.15, 0.2) is 0 Å². The highest BCUT2D eigenvalue weighted by atomic mass is 32.2. The molecular formula is C13H19NOS. The molecule has 16 heavy (non-hydrogen) atoms. The Kier molecular flexibility index (Phi) is 6.01. The molecular weight excluding hydrogens is 218 g/mol. The number of thioether (sulfide) groups is 1. The van der Waals surface area contributed by atoms with Gasteiger partial charge < -0.3 is 5.32 Å². The molecule has 1 N–H and O–H groups in total. The molecule has 0 atom stereocenters. The van der Waals surface area contributed by atoms with E-state index in [1.54, 1.807) is 11.8 Å². The van der Waals surface area contributed by atoms with Crippen LogP contribution in [0, 0.1) is 5.92 Å². The van der Waals surface area contributed by atoms with Crippen LogP contribution in [0.4, 0.5) is 0 Å². The summed E-state index contributed by atoms with van der Waals surface area (Å²) in [5.74, 6) is 1.51. The summed E-state index contributed by atoms with van der Waals surface area (Å²) in [6, 6.07) is 10.2. The lowest BCUT2D eigenvalue weighted by molar-refractivity contribution is -0.120. The molecule has 0 aliphatic rings. The molecule has 0 saturated heterocycles. The van der Waals surface area contributed by atoms with Crippen molar-refractivity contribution >= 4 is 17.7 Å². The Morgan fingerprint density at radius 1 is 1.31 bits per heavy atom. The zero-order valence-electron chi connectivity index (χ0n) is 9.90. The number of benzene rings is 1. The van der Waals surface area contributed by atoms with Gasteiger partial charge in [-0.25, -0.2) is 0 Å². The Balaban J connectivity index is 2.13. The van der Waals surface area contributed by atoms with Gasteiger partial charge in [0.25, 0.3) is 0 Å². The minimum Gasteiger partial charge on any atom is -0.356 e. The molecule has 1 aromatic carbocycles. The van der Waals surface area contributed by atoms with E-state index < -0.39 is 0 Å². The first kappa shape index (κ1) is 13.1. The van der Waals surface area contributed by atoms with Crippen molar-refractivity contribution in [2.75, 3.05) is 12.3 Å². The second-order valence-electron chi connectivity index (χ2n) is 4.11. The summed E-state index contributed by atoms with van der Waals surface area (Å²) < 4.78 is 0. The largest absolute Gasteiger partial charge is 0.356 e. The number of rotatable bonds is 6. The summed E-state index contributed by atoms with van der Waals surface area (Å²) in [5, 5.41) is 2.92. The molecule has 1 amide bonds. The average molecular weight is 237 g/mol. The summed E-state index contributed by atoms with van der Waals surface area (Å²) in [4.78, 5) is 12.6. The quantitative estimate of drug-likeness (QED) is 0.771. The summed E-state index contributed by atoms with van der Waals surface area (Å²) in [6.07, 6.45) is 0.590. The Morgan fingerprint density at radius 2 is 2.00 bits per heavy atom. The van der Waals surface area contributed by atoms with Gasteiger partial charge in [0, 0.05) is 23.6 Å². The van der Waals surface area contributed by atoms with E-state index in [0.29, 0.717) is 12.3 Å². The number of carbonyl (C=O) groups is 1. The summed E-state index contributed by atoms with van der Waals surface area (Å²) >= 11 is 1.72. The monoisotopic (exact) mass is 237 g/mol. The Morgan fingerprint density at radius 3 is 2.62 bits per heavy atom. The van der Waals surface area contributed by atoms with Gasteiger partial charge in [0.05, 0.1) is 0 Å². The maximum atomic E-state index is 11.4. The van der Waals surface area contributed by atoms with Gasteiger partial charge in [0.1, 0.15) is 0 Å². The van der Waals surface area contributed by atoms with Crippen molar-refractivity contribution in [2.24, 2.45) is 5.92 Å². The van der Waals surface area contributed by atoms with Gasteiger partial charge >= 0.3 is 0 Å². The van der Waals surface area contributed by atoms with Gasteiger partial charge in [-0.1, -0.05) is 32.0 Å². The van der Waals surface area contributed by atoms with Gasteiger partial charge in [-0.3, -0.25) is 4.79 Å². The minimum absolute atomic E-state index is 0.150. The SMILES string of the molecule is CC(C)CNC(=O)CCSc1ccccc1. The molecule has 2 nitrogen and oxygen atoms in total.